The van der Waals surface area contributed by atoms with Crippen LogP contribution in [0.15, 0.2) is 48.5 Å². The van der Waals surface area contributed by atoms with Crippen LogP contribution in [0.1, 0.15) is 25.7 Å². The number of nitrogens with one attached hydrogen (secondary N) is 1. The minimum Gasteiger partial charge on any atom is -0.491 e. The summed E-state index contributed by atoms with van der Waals surface area (Å²) in [5.74, 6) is 2.12. The van der Waals surface area contributed by atoms with Crippen molar-refractivity contribution in [1.29, 1.82) is 0 Å². The topological polar surface area (TPSA) is 34.9 Å². The molecular weight excluding hydrogens is 300 g/mol. The molecule has 24 heavy (non-hydrogen) atoms. The summed E-state index contributed by atoms with van der Waals surface area (Å²) in [5, 5.41) is 3.62. The predicted octanol–water partition coefficient (Wildman–Crippen LogP) is 4.69. The van der Waals surface area contributed by atoms with E-state index in [4.69, 9.17) is 16.0 Å². The summed E-state index contributed by atoms with van der Waals surface area (Å²) in [5.41, 5.74) is 0.537. The summed E-state index contributed by atoms with van der Waals surface area (Å²) in [6.07, 6.45) is 4.78. The van der Waals surface area contributed by atoms with E-state index in [0.717, 1.165) is 24.3 Å². The van der Waals surface area contributed by atoms with Gasteiger partial charge in [-0.2, -0.15) is 0 Å². The molecule has 2 bridgehead atoms. The van der Waals surface area contributed by atoms with Gasteiger partial charge in [-0.05, 0) is 49.9 Å². The average molecular weight is 320 g/mol. The van der Waals surface area contributed by atoms with E-state index in [1.807, 2.05) is 36.4 Å². The summed E-state index contributed by atoms with van der Waals surface area (Å²) in [6.45, 7) is 7.31. The van der Waals surface area contributed by atoms with E-state index in [0.29, 0.717) is 23.5 Å². The first kappa shape index (κ1) is 15.0. The Morgan fingerprint density at radius 2 is 1.62 bits per heavy atom. The number of fused-ring (bicyclic) bond motifs is 2. The van der Waals surface area contributed by atoms with Crippen LogP contribution in [0.2, 0.25) is 0 Å². The van der Waals surface area contributed by atoms with E-state index in [2.05, 4.69) is 10.2 Å². The predicted molar refractivity (Wildman–Crippen MR) is 92.8 cm³/mol. The maximum absolute atomic E-state index is 7.31. The molecule has 0 aromatic heterocycles. The summed E-state index contributed by atoms with van der Waals surface area (Å²) in [7, 11) is 0. The zero-order valence-corrected chi connectivity index (χ0v) is 13.4. The van der Waals surface area contributed by atoms with Gasteiger partial charge in [0.2, 0.25) is 0 Å². The molecule has 0 spiro atoms. The molecule has 0 radical (unpaired) electrons. The Kier molecular flexibility index (Phi) is 4.10. The highest BCUT2D eigenvalue weighted by Gasteiger charge is 2.34. The van der Waals surface area contributed by atoms with Crippen molar-refractivity contribution in [1.82, 2.24) is 5.32 Å². The molecule has 2 fully saturated rings. The SMILES string of the molecule is [C-]#[N+]c1cc(Oc2ccccc2)cc(OC2C[C@H]3CC[C@@H](C2)N3)c1. The normalized spacial score (nSPS) is 25.0. The van der Waals surface area contributed by atoms with Crippen LogP contribution < -0.4 is 14.8 Å². The van der Waals surface area contributed by atoms with Crippen LogP contribution in [0.25, 0.3) is 4.85 Å². The molecule has 2 aromatic rings. The van der Waals surface area contributed by atoms with Gasteiger partial charge in [0, 0.05) is 18.2 Å². The van der Waals surface area contributed by atoms with Gasteiger partial charge in [-0.25, -0.2) is 4.85 Å². The molecule has 4 rings (SSSR count). The molecule has 2 aliphatic heterocycles. The second-order valence-corrected chi connectivity index (χ2v) is 6.54. The highest BCUT2D eigenvalue weighted by Crippen LogP contribution is 2.34. The third-order valence-electron chi connectivity index (χ3n) is 4.71. The second kappa shape index (κ2) is 6.54. The fraction of sp³-hybridized carbons (Fsp3) is 0.350. The Balaban J connectivity index is 1.52. The van der Waals surface area contributed by atoms with Crippen LogP contribution in [0.5, 0.6) is 17.2 Å². The van der Waals surface area contributed by atoms with Crippen LogP contribution in [-0.4, -0.2) is 18.2 Å². The number of nitrogens with zero attached hydrogens (tertiary/aromatic N) is 1. The zero-order valence-electron chi connectivity index (χ0n) is 13.4. The molecule has 3 atom stereocenters. The van der Waals surface area contributed by atoms with Crippen molar-refractivity contribution < 1.29 is 9.47 Å². The van der Waals surface area contributed by atoms with E-state index in [1.54, 1.807) is 12.1 Å². The van der Waals surface area contributed by atoms with E-state index < -0.39 is 0 Å². The molecule has 4 nitrogen and oxygen atoms in total. The van der Waals surface area contributed by atoms with Gasteiger partial charge in [0.15, 0.2) is 5.69 Å². The molecule has 2 saturated heterocycles. The van der Waals surface area contributed by atoms with Crippen molar-refractivity contribution in [3.8, 4) is 17.2 Å². The number of rotatable bonds is 4. The molecule has 1 N–H and O–H groups in total. The van der Waals surface area contributed by atoms with Crippen molar-refractivity contribution >= 4 is 5.69 Å². The lowest BCUT2D eigenvalue weighted by Gasteiger charge is -2.29. The molecular formula is C20H20N2O2. The number of hydrogen-bond acceptors (Lipinski definition) is 3. The standard InChI is InChI=1S/C20H20N2O2/c1-21-16-11-19(23-17-5-3-2-4-6-17)13-20(12-16)24-18-9-14-7-8-15(10-18)22-14/h2-6,11-15,18,22H,7-10H2/t14-,15+,18?. The molecule has 2 heterocycles. The molecule has 2 aromatic carbocycles. The minimum atomic E-state index is 0.217. The molecule has 122 valence electrons. The Morgan fingerprint density at radius 3 is 2.33 bits per heavy atom. The van der Waals surface area contributed by atoms with E-state index in [-0.39, 0.29) is 6.10 Å². The number of piperidine rings is 1. The van der Waals surface area contributed by atoms with Gasteiger partial charge >= 0.3 is 0 Å². The van der Waals surface area contributed by atoms with Gasteiger partial charge in [0.1, 0.15) is 23.4 Å². The monoisotopic (exact) mass is 320 g/mol. The van der Waals surface area contributed by atoms with Crippen LogP contribution in [0, 0.1) is 6.57 Å². The van der Waals surface area contributed by atoms with Crippen LogP contribution >= 0.6 is 0 Å². The number of hydrogen-bond donors (Lipinski definition) is 1. The first-order valence-corrected chi connectivity index (χ1v) is 8.46. The van der Waals surface area contributed by atoms with Gasteiger partial charge < -0.3 is 14.8 Å². The molecule has 0 amide bonds. The number of benzene rings is 2. The average Bonchev–Trinajstić information content (AvgIpc) is 2.94. The fourth-order valence-electron chi connectivity index (χ4n) is 3.67. The van der Waals surface area contributed by atoms with Gasteiger partial charge in [0.25, 0.3) is 0 Å². The fourth-order valence-corrected chi connectivity index (χ4v) is 3.67. The van der Waals surface area contributed by atoms with Crippen molar-refractivity contribution in [3.05, 3.63) is 59.9 Å². The Labute approximate surface area is 142 Å². The lowest BCUT2D eigenvalue weighted by atomic mass is 10.0. The molecule has 1 unspecified atom stereocenters. The highest BCUT2D eigenvalue weighted by atomic mass is 16.5. The highest BCUT2D eigenvalue weighted by molar-refractivity contribution is 5.55. The Hall–Kier alpha value is -2.51. The quantitative estimate of drug-likeness (QED) is 0.830. The van der Waals surface area contributed by atoms with Crippen LogP contribution in [0.3, 0.4) is 0 Å². The number of para-hydroxylation sites is 1. The van der Waals surface area contributed by atoms with Gasteiger partial charge in [-0.3, -0.25) is 0 Å². The molecule has 0 saturated carbocycles. The van der Waals surface area contributed by atoms with Crippen molar-refractivity contribution in [3.63, 3.8) is 0 Å². The van der Waals surface area contributed by atoms with E-state index in [1.165, 1.54) is 12.8 Å². The molecule has 4 heteroatoms. The van der Waals surface area contributed by atoms with Gasteiger partial charge in [0.05, 0.1) is 6.57 Å². The van der Waals surface area contributed by atoms with Crippen molar-refractivity contribution in [2.75, 3.05) is 0 Å². The maximum Gasteiger partial charge on any atom is 0.194 e. The van der Waals surface area contributed by atoms with Gasteiger partial charge in [-0.1, -0.05) is 18.2 Å². The van der Waals surface area contributed by atoms with Crippen LogP contribution in [0.4, 0.5) is 5.69 Å². The zero-order chi connectivity index (χ0) is 16.4. The van der Waals surface area contributed by atoms with Gasteiger partial charge in [-0.15, -0.1) is 0 Å². The summed E-state index contributed by atoms with van der Waals surface area (Å²) < 4.78 is 12.1. The Bertz CT molecular complexity index is 742. The first-order valence-electron chi connectivity index (χ1n) is 8.46. The summed E-state index contributed by atoms with van der Waals surface area (Å²) in [6, 6.07) is 16.2. The molecule has 2 aliphatic rings. The van der Waals surface area contributed by atoms with E-state index >= 15 is 0 Å². The largest absolute Gasteiger partial charge is 0.491 e. The summed E-state index contributed by atoms with van der Waals surface area (Å²) >= 11 is 0. The van der Waals surface area contributed by atoms with Crippen LogP contribution in [-0.2, 0) is 0 Å². The Morgan fingerprint density at radius 1 is 0.917 bits per heavy atom. The minimum absolute atomic E-state index is 0.217. The second-order valence-electron chi connectivity index (χ2n) is 6.54. The summed E-state index contributed by atoms with van der Waals surface area (Å²) in [4.78, 5) is 3.55. The first-order chi connectivity index (χ1) is 11.8. The third-order valence-corrected chi connectivity index (χ3v) is 4.71. The third kappa shape index (κ3) is 3.37. The lowest BCUT2D eigenvalue weighted by molar-refractivity contribution is 0.137. The number of ether oxygens (including phenoxy) is 2. The van der Waals surface area contributed by atoms with E-state index in [9.17, 15) is 0 Å². The maximum atomic E-state index is 7.31. The van der Waals surface area contributed by atoms with Crippen molar-refractivity contribution in [2.24, 2.45) is 0 Å². The van der Waals surface area contributed by atoms with Crippen molar-refractivity contribution in [2.45, 2.75) is 43.9 Å². The lowest BCUT2D eigenvalue weighted by Crippen LogP contribution is -2.42. The molecule has 0 aliphatic carbocycles. The smallest absolute Gasteiger partial charge is 0.194 e.